The number of hydrogen-bond acceptors (Lipinski definition) is 3. The van der Waals surface area contributed by atoms with Crippen LogP contribution >= 0.6 is 0 Å². The quantitative estimate of drug-likeness (QED) is 0.838. The fourth-order valence-corrected chi connectivity index (χ4v) is 2.39. The van der Waals surface area contributed by atoms with E-state index in [1.54, 1.807) is 12.0 Å². The number of amides is 1. The van der Waals surface area contributed by atoms with Crippen molar-refractivity contribution in [2.75, 3.05) is 26.8 Å². The topological polar surface area (TPSA) is 49.8 Å². The third-order valence-corrected chi connectivity index (χ3v) is 3.51. The summed E-state index contributed by atoms with van der Waals surface area (Å²) < 4.78 is 19.2. The van der Waals surface area contributed by atoms with E-state index in [2.05, 4.69) is 11.8 Å². The van der Waals surface area contributed by atoms with E-state index in [4.69, 9.17) is 9.84 Å². The van der Waals surface area contributed by atoms with Gasteiger partial charge in [-0.3, -0.25) is 4.79 Å². The fraction of sp³-hybridized carbons (Fsp3) is 0.438. The number of benzene rings is 1. The molecule has 0 bridgehead atoms. The third-order valence-electron chi connectivity index (χ3n) is 3.51. The molecular formula is C16H18FNO3. The summed E-state index contributed by atoms with van der Waals surface area (Å²) in [6.07, 6.45) is 1.75. The molecule has 1 aromatic rings. The fourth-order valence-electron chi connectivity index (χ4n) is 2.39. The normalized spacial score (nSPS) is 18.0. The number of likely N-dealkylation sites (tertiary alicyclic amines) is 1. The van der Waals surface area contributed by atoms with Crippen LogP contribution in [-0.4, -0.2) is 48.8 Å². The summed E-state index contributed by atoms with van der Waals surface area (Å²) in [5.74, 6) is 4.26. The Kier molecular flexibility index (Phi) is 5.32. The van der Waals surface area contributed by atoms with Crippen molar-refractivity contribution in [2.24, 2.45) is 0 Å². The average Bonchev–Trinajstić information content (AvgIpc) is 2.53. The van der Waals surface area contributed by atoms with Crippen LogP contribution in [-0.2, 0) is 4.74 Å². The van der Waals surface area contributed by atoms with Crippen molar-refractivity contribution in [1.29, 1.82) is 0 Å². The first-order chi connectivity index (χ1) is 10.2. The zero-order valence-corrected chi connectivity index (χ0v) is 11.9. The van der Waals surface area contributed by atoms with Gasteiger partial charge >= 0.3 is 0 Å². The van der Waals surface area contributed by atoms with E-state index in [0.29, 0.717) is 18.7 Å². The van der Waals surface area contributed by atoms with Crippen LogP contribution in [0.4, 0.5) is 4.39 Å². The molecule has 0 saturated carbocycles. The molecule has 0 radical (unpaired) electrons. The smallest absolute Gasteiger partial charge is 0.256 e. The average molecular weight is 291 g/mol. The Bertz CT molecular complexity index is 577. The Balaban J connectivity index is 2.21. The predicted octanol–water partition coefficient (Wildman–Crippen LogP) is 1.42. The second-order valence-corrected chi connectivity index (χ2v) is 4.91. The number of aliphatic hydroxyl groups excluding tert-OH is 1. The van der Waals surface area contributed by atoms with Crippen LogP contribution in [0.3, 0.4) is 0 Å². The lowest BCUT2D eigenvalue weighted by Gasteiger charge is -2.32. The molecule has 1 aromatic carbocycles. The summed E-state index contributed by atoms with van der Waals surface area (Å²) >= 11 is 0. The molecular weight excluding hydrogens is 273 g/mol. The maximum Gasteiger partial charge on any atom is 0.256 e. The van der Waals surface area contributed by atoms with Crippen LogP contribution < -0.4 is 0 Å². The molecule has 21 heavy (non-hydrogen) atoms. The van der Waals surface area contributed by atoms with Crippen molar-refractivity contribution < 1.29 is 19.0 Å². The molecule has 1 atom stereocenters. The zero-order valence-electron chi connectivity index (χ0n) is 11.9. The van der Waals surface area contributed by atoms with Gasteiger partial charge in [0, 0.05) is 25.8 Å². The van der Waals surface area contributed by atoms with Gasteiger partial charge in [0.05, 0.1) is 11.7 Å². The predicted molar refractivity (Wildman–Crippen MR) is 76.3 cm³/mol. The lowest BCUT2D eigenvalue weighted by atomic mass is 10.0. The summed E-state index contributed by atoms with van der Waals surface area (Å²) in [5.41, 5.74) is 0.519. The number of carbonyl (C=O) groups is 1. The molecule has 1 saturated heterocycles. The molecule has 0 spiro atoms. The highest BCUT2D eigenvalue weighted by molar-refractivity contribution is 5.95. The van der Waals surface area contributed by atoms with Crippen molar-refractivity contribution in [1.82, 2.24) is 4.90 Å². The Morgan fingerprint density at radius 3 is 3.10 bits per heavy atom. The van der Waals surface area contributed by atoms with E-state index in [-0.39, 0.29) is 24.2 Å². The minimum absolute atomic E-state index is 0.00289. The minimum Gasteiger partial charge on any atom is -0.384 e. The molecule has 4 nitrogen and oxygen atoms in total. The highest BCUT2D eigenvalue weighted by Crippen LogP contribution is 2.18. The molecule has 1 heterocycles. The van der Waals surface area contributed by atoms with E-state index < -0.39 is 5.82 Å². The van der Waals surface area contributed by atoms with Gasteiger partial charge in [0.15, 0.2) is 0 Å². The molecule has 1 fully saturated rings. The number of nitrogens with zero attached hydrogens (tertiary/aromatic N) is 1. The summed E-state index contributed by atoms with van der Waals surface area (Å²) in [7, 11) is 1.62. The first-order valence-corrected chi connectivity index (χ1v) is 6.87. The van der Waals surface area contributed by atoms with Gasteiger partial charge in [-0.2, -0.15) is 0 Å². The van der Waals surface area contributed by atoms with E-state index in [9.17, 15) is 9.18 Å². The standard InChI is InChI=1S/C16H18FNO3/c1-21-13-5-2-8-18(11-13)16(20)14-10-12(4-3-9-19)6-7-15(14)17/h6-7,10,13,19H,2,5,8-9,11H2,1H3. The Hall–Kier alpha value is -1.90. The lowest BCUT2D eigenvalue weighted by molar-refractivity contribution is 0.0266. The molecule has 1 N–H and O–H groups in total. The number of rotatable bonds is 2. The SMILES string of the molecule is COC1CCCN(C(=O)c2cc(C#CCO)ccc2F)C1. The summed E-state index contributed by atoms with van der Waals surface area (Å²) in [6.45, 7) is 0.800. The number of halogens is 1. The van der Waals surface area contributed by atoms with Crippen LogP contribution in [0.1, 0.15) is 28.8 Å². The van der Waals surface area contributed by atoms with Gasteiger partial charge in [0.1, 0.15) is 12.4 Å². The van der Waals surface area contributed by atoms with Crippen molar-refractivity contribution in [3.05, 3.63) is 35.1 Å². The highest BCUT2D eigenvalue weighted by atomic mass is 19.1. The van der Waals surface area contributed by atoms with Crippen LogP contribution in [0, 0.1) is 17.7 Å². The zero-order chi connectivity index (χ0) is 15.2. The van der Waals surface area contributed by atoms with Crippen LogP contribution in [0.5, 0.6) is 0 Å². The summed E-state index contributed by atoms with van der Waals surface area (Å²) in [5, 5.41) is 8.68. The highest BCUT2D eigenvalue weighted by Gasteiger charge is 2.26. The van der Waals surface area contributed by atoms with Crippen LogP contribution in [0.15, 0.2) is 18.2 Å². The van der Waals surface area contributed by atoms with Crippen molar-refractivity contribution in [2.45, 2.75) is 18.9 Å². The number of carbonyl (C=O) groups excluding carboxylic acids is 1. The Morgan fingerprint density at radius 1 is 1.57 bits per heavy atom. The molecule has 1 aliphatic rings. The van der Waals surface area contributed by atoms with Gasteiger partial charge in [-0.05, 0) is 31.0 Å². The van der Waals surface area contributed by atoms with Crippen molar-refractivity contribution in [3.63, 3.8) is 0 Å². The molecule has 2 rings (SSSR count). The van der Waals surface area contributed by atoms with Gasteiger partial charge < -0.3 is 14.7 Å². The molecule has 1 amide bonds. The lowest BCUT2D eigenvalue weighted by Crippen LogP contribution is -2.43. The van der Waals surface area contributed by atoms with E-state index in [1.807, 2.05) is 0 Å². The molecule has 1 unspecified atom stereocenters. The van der Waals surface area contributed by atoms with Gasteiger partial charge in [-0.15, -0.1) is 0 Å². The van der Waals surface area contributed by atoms with E-state index in [1.165, 1.54) is 18.2 Å². The summed E-state index contributed by atoms with van der Waals surface area (Å²) in [6, 6.07) is 4.14. The van der Waals surface area contributed by atoms with Gasteiger partial charge in [0.2, 0.25) is 0 Å². The Morgan fingerprint density at radius 2 is 2.38 bits per heavy atom. The summed E-state index contributed by atoms with van der Waals surface area (Å²) in [4.78, 5) is 14.1. The molecule has 112 valence electrons. The molecule has 1 aliphatic heterocycles. The maximum atomic E-state index is 13.9. The second kappa shape index (κ2) is 7.21. The van der Waals surface area contributed by atoms with Gasteiger partial charge in [-0.1, -0.05) is 11.8 Å². The molecule has 0 aromatic heterocycles. The first-order valence-electron chi connectivity index (χ1n) is 6.87. The Labute approximate surface area is 123 Å². The van der Waals surface area contributed by atoms with Crippen LogP contribution in [0.2, 0.25) is 0 Å². The largest absolute Gasteiger partial charge is 0.384 e. The van der Waals surface area contributed by atoms with Crippen molar-refractivity contribution in [3.8, 4) is 11.8 Å². The number of ether oxygens (including phenoxy) is 1. The van der Waals surface area contributed by atoms with Crippen molar-refractivity contribution >= 4 is 5.91 Å². The number of piperidine rings is 1. The van der Waals surface area contributed by atoms with Gasteiger partial charge in [-0.25, -0.2) is 4.39 Å². The third kappa shape index (κ3) is 3.81. The monoisotopic (exact) mass is 291 g/mol. The number of hydrogen-bond donors (Lipinski definition) is 1. The molecule has 5 heteroatoms. The van der Waals surface area contributed by atoms with Crippen LogP contribution in [0.25, 0.3) is 0 Å². The van der Waals surface area contributed by atoms with E-state index >= 15 is 0 Å². The number of methoxy groups -OCH3 is 1. The minimum atomic E-state index is -0.561. The second-order valence-electron chi connectivity index (χ2n) is 4.91. The van der Waals surface area contributed by atoms with E-state index in [0.717, 1.165) is 12.8 Å². The molecule has 0 aliphatic carbocycles. The maximum absolute atomic E-state index is 13.9. The van der Waals surface area contributed by atoms with Gasteiger partial charge in [0.25, 0.3) is 5.91 Å². The first kappa shape index (κ1) is 15.5. The number of aliphatic hydroxyl groups is 1.